The standard InChI is InChI=1S/C18H14Cl2FNO3/c19-12-9-13(20)14(21)8-11(12)17(23)22-10-3-4-15-16(7-10)25-18(24-15)5-1-2-6-18/h3-4,7-9H,1-2,5-6H2,(H,22,23). The molecule has 0 unspecified atom stereocenters. The second kappa shape index (κ2) is 6.07. The van der Waals surface area contributed by atoms with Crippen LogP contribution in [0.5, 0.6) is 11.5 Å². The number of hydrogen-bond acceptors (Lipinski definition) is 3. The summed E-state index contributed by atoms with van der Waals surface area (Å²) in [5, 5.41) is 2.63. The highest BCUT2D eigenvalue weighted by molar-refractivity contribution is 6.37. The highest BCUT2D eigenvalue weighted by Crippen LogP contribution is 2.47. The monoisotopic (exact) mass is 381 g/mol. The van der Waals surface area contributed by atoms with E-state index in [1.54, 1.807) is 18.2 Å². The van der Waals surface area contributed by atoms with Crippen LogP contribution in [-0.2, 0) is 0 Å². The zero-order chi connectivity index (χ0) is 17.6. The number of benzene rings is 2. The zero-order valence-electron chi connectivity index (χ0n) is 13.1. The molecule has 4 nitrogen and oxygen atoms in total. The van der Waals surface area contributed by atoms with Crippen molar-refractivity contribution in [2.24, 2.45) is 0 Å². The predicted octanol–water partition coefficient (Wildman–Crippen LogP) is 5.43. The van der Waals surface area contributed by atoms with Gasteiger partial charge in [0.2, 0.25) is 0 Å². The van der Waals surface area contributed by atoms with Crippen LogP contribution in [0, 0.1) is 5.82 Å². The predicted molar refractivity (Wildman–Crippen MR) is 93.3 cm³/mol. The van der Waals surface area contributed by atoms with Crippen LogP contribution in [0.25, 0.3) is 0 Å². The lowest BCUT2D eigenvalue weighted by molar-refractivity contribution is -0.0716. The summed E-state index contributed by atoms with van der Waals surface area (Å²) in [7, 11) is 0. The Labute approximate surface area is 153 Å². The molecule has 0 radical (unpaired) electrons. The van der Waals surface area contributed by atoms with Gasteiger partial charge < -0.3 is 14.8 Å². The molecule has 1 heterocycles. The van der Waals surface area contributed by atoms with Crippen LogP contribution in [0.15, 0.2) is 30.3 Å². The number of fused-ring (bicyclic) bond motifs is 1. The van der Waals surface area contributed by atoms with Gasteiger partial charge in [-0.2, -0.15) is 0 Å². The number of halogens is 3. The number of nitrogens with one attached hydrogen (secondary N) is 1. The van der Waals surface area contributed by atoms with E-state index in [2.05, 4.69) is 5.32 Å². The molecule has 1 fully saturated rings. The fourth-order valence-electron chi connectivity index (χ4n) is 3.18. The van der Waals surface area contributed by atoms with Crippen molar-refractivity contribution in [3.8, 4) is 11.5 Å². The van der Waals surface area contributed by atoms with Crippen LogP contribution >= 0.6 is 23.2 Å². The Balaban J connectivity index is 1.55. The molecule has 130 valence electrons. The van der Waals surface area contributed by atoms with Gasteiger partial charge in [-0.05, 0) is 37.1 Å². The average Bonchev–Trinajstić information content (AvgIpc) is 3.16. The van der Waals surface area contributed by atoms with Gasteiger partial charge >= 0.3 is 0 Å². The van der Waals surface area contributed by atoms with Crippen LogP contribution in [0.4, 0.5) is 10.1 Å². The number of hydrogen-bond donors (Lipinski definition) is 1. The van der Waals surface area contributed by atoms with Gasteiger partial charge in [-0.25, -0.2) is 4.39 Å². The lowest BCUT2D eigenvalue weighted by Gasteiger charge is -2.21. The quantitative estimate of drug-likeness (QED) is 0.705. The van der Waals surface area contributed by atoms with Gasteiger partial charge in [0.15, 0.2) is 11.5 Å². The SMILES string of the molecule is O=C(Nc1ccc2c(c1)OC1(CCCC1)O2)c1cc(F)c(Cl)cc1Cl. The Morgan fingerprint density at radius 2 is 1.76 bits per heavy atom. The third-order valence-electron chi connectivity index (χ3n) is 4.41. The fraction of sp³-hybridized carbons (Fsp3) is 0.278. The minimum atomic E-state index is -0.704. The molecule has 7 heteroatoms. The Morgan fingerprint density at radius 3 is 2.52 bits per heavy atom. The summed E-state index contributed by atoms with van der Waals surface area (Å²) in [5.74, 6) is -0.545. The normalized spacial score (nSPS) is 17.1. The number of carbonyl (C=O) groups excluding carboxylic acids is 1. The summed E-state index contributed by atoms with van der Waals surface area (Å²) >= 11 is 11.6. The lowest BCUT2D eigenvalue weighted by Crippen LogP contribution is -2.34. The van der Waals surface area contributed by atoms with Crippen LogP contribution in [-0.4, -0.2) is 11.7 Å². The summed E-state index contributed by atoms with van der Waals surface area (Å²) in [6.45, 7) is 0. The first-order valence-corrected chi connectivity index (χ1v) is 8.69. The molecule has 1 aliphatic carbocycles. The maximum absolute atomic E-state index is 13.6. The highest BCUT2D eigenvalue weighted by Gasteiger charge is 2.44. The number of carbonyl (C=O) groups is 1. The summed E-state index contributed by atoms with van der Waals surface area (Å²) in [6.07, 6.45) is 3.84. The van der Waals surface area contributed by atoms with E-state index in [4.69, 9.17) is 32.7 Å². The molecule has 1 spiro atoms. The largest absolute Gasteiger partial charge is 0.448 e. The number of ether oxygens (including phenoxy) is 2. The number of anilines is 1. The number of rotatable bonds is 2. The molecular weight excluding hydrogens is 368 g/mol. The number of amides is 1. The van der Waals surface area contributed by atoms with E-state index in [0.29, 0.717) is 17.2 Å². The molecular formula is C18H14Cl2FNO3. The van der Waals surface area contributed by atoms with Crippen molar-refractivity contribution in [3.05, 3.63) is 51.8 Å². The van der Waals surface area contributed by atoms with Crippen molar-refractivity contribution in [3.63, 3.8) is 0 Å². The summed E-state index contributed by atoms with van der Waals surface area (Å²) in [4.78, 5) is 12.4. The second-order valence-electron chi connectivity index (χ2n) is 6.18. The average molecular weight is 382 g/mol. The molecule has 2 aromatic carbocycles. The van der Waals surface area contributed by atoms with E-state index >= 15 is 0 Å². The molecule has 4 rings (SSSR count). The van der Waals surface area contributed by atoms with Crippen molar-refractivity contribution in [1.29, 1.82) is 0 Å². The molecule has 0 bridgehead atoms. The fourth-order valence-corrected chi connectivity index (χ4v) is 3.65. The van der Waals surface area contributed by atoms with Crippen molar-refractivity contribution < 1.29 is 18.7 Å². The van der Waals surface area contributed by atoms with Crippen LogP contribution < -0.4 is 14.8 Å². The molecule has 1 saturated carbocycles. The van der Waals surface area contributed by atoms with Gasteiger partial charge in [-0.3, -0.25) is 4.79 Å². The third kappa shape index (κ3) is 3.02. The third-order valence-corrected chi connectivity index (χ3v) is 5.02. The molecule has 0 saturated heterocycles. The maximum atomic E-state index is 13.6. The van der Waals surface area contributed by atoms with Gasteiger partial charge in [0.25, 0.3) is 11.7 Å². The Morgan fingerprint density at radius 1 is 1.04 bits per heavy atom. The summed E-state index contributed by atoms with van der Waals surface area (Å²) < 4.78 is 25.5. The molecule has 1 aliphatic heterocycles. The van der Waals surface area contributed by atoms with E-state index in [0.717, 1.165) is 31.7 Å². The van der Waals surface area contributed by atoms with Crippen LogP contribution in [0.1, 0.15) is 36.0 Å². The van der Waals surface area contributed by atoms with E-state index < -0.39 is 17.5 Å². The van der Waals surface area contributed by atoms with Crippen LogP contribution in [0.2, 0.25) is 10.0 Å². The first-order chi connectivity index (χ1) is 12.0. The molecule has 1 amide bonds. The van der Waals surface area contributed by atoms with Crippen molar-refractivity contribution >= 4 is 34.8 Å². The van der Waals surface area contributed by atoms with E-state index in [-0.39, 0.29) is 15.6 Å². The topological polar surface area (TPSA) is 47.6 Å². The smallest absolute Gasteiger partial charge is 0.257 e. The second-order valence-corrected chi connectivity index (χ2v) is 7.00. The first-order valence-electron chi connectivity index (χ1n) is 7.94. The minimum absolute atomic E-state index is 0.00787. The molecule has 0 atom stereocenters. The lowest BCUT2D eigenvalue weighted by atomic mass is 10.2. The summed E-state index contributed by atoms with van der Waals surface area (Å²) in [5.41, 5.74) is 0.516. The van der Waals surface area contributed by atoms with Crippen LogP contribution in [0.3, 0.4) is 0 Å². The highest BCUT2D eigenvalue weighted by atomic mass is 35.5. The van der Waals surface area contributed by atoms with Gasteiger partial charge in [-0.15, -0.1) is 0 Å². The molecule has 25 heavy (non-hydrogen) atoms. The van der Waals surface area contributed by atoms with Crippen molar-refractivity contribution in [2.75, 3.05) is 5.32 Å². The molecule has 2 aliphatic rings. The van der Waals surface area contributed by atoms with Gasteiger partial charge in [0.1, 0.15) is 5.82 Å². The minimum Gasteiger partial charge on any atom is -0.448 e. The van der Waals surface area contributed by atoms with Crippen molar-refractivity contribution in [1.82, 2.24) is 0 Å². The summed E-state index contributed by atoms with van der Waals surface area (Å²) in [6, 6.07) is 7.37. The van der Waals surface area contributed by atoms with Gasteiger partial charge in [-0.1, -0.05) is 23.2 Å². The zero-order valence-corrected chi connectivity index (χ0v) is 14.6. The van der Waals surface area contributed by atoms with E-state index in [9.17, 15) is 9.18 Å². The van der Waals surface area contributed by atoms with Gasteiger partial charge in [0, 0.05) is 24.6 Å². The first kappa shape index (κ1) is 16.5. The van der Waals surface area contributed by atoms with E-state index in [1.807, 2.05) is 0 Å². The van der Waals surface area contributed by atoms with Gasteiger partial charge in [0.05, 0.1) is 15.6 Å². The Hall–Kier alpha value is -1.98. The Kier molecular flexibility index (Phi) is 4.01. The van der Waals surface area contributed by atoms with Crippen molar-refractivity contribution in [2.45, 2.75) is 31.5 Å². The molecule has 0 aromatic heterocycles. The van der Waals surface area contributed by atoms with E-state index in [1.165, 1.54) is 6.07 Å². The maximum Gasteiger partial charge on any atom is 0.257 e. The molecule has 1 N–H and O–H groups in total. The molecule has 2 aromatic rings. The Bertz CT molecular complexity index is 866.